The largest absolute Gasteiger partial charge is 0.462 e. The van der Waals surface area contributed by atoms with E-state index in [-0.39, 0.29) is 31.1 Å². The Kier molecular flexibility index (Phi) is 43.7. The van der Waals surface area contributed by atoms with Gasteiger partial charge in [-0.2, -0.15) is 0 Å². The van der Waals surface area contributed by atoms with Crippen molar-refractivity contribution in [2.24, 2.45) is 11.8 Å². The average molecular weight is 821 g/mol. The second-order valence-electron chi connectivity index (χ2n) is 18.3. The molecule has 0 spiro atoms. The Bertz CT molecular complexity index is 889. The van der Waals surface area contributed by atoms with Crippen molar-refractivity contribution in [3.05, 3.63) is 0 Å². The molecule has 0 aromatic carbocycles. The number of rotatable bonds is 46. The second kappa shape index (κ2) is 44.9. The van der Waals surface area contributed by atoms with Gasteiger partial charge in [0.2, 0.25) is 0 Å². The molecule has 0 bridgehead atoms. The van der Waals surface area contributed by atoms with E-state index in [1.165, 1.54) is 173 Å². The summed E-state index contributed by atoms with van der Waals surface area (Å²) in [5.41, 5.74) is 0. The average Bonchev–Trinajstić information content (AvgIpc) is 3.22. The lowest BCUT2D eigenvalue weighted by molar-refractivity contribution is -0.167. The number of hydrogen-bond donors (Lipinski definition) is 0. The maximum absolute atomic E-state index is 12.7. The molecular weight excluding hydrogens is 721 g/mol. The normalized spacial score (nSPS) is 13.0. The van der Waals surface area contributed by atoms with Crippen LogP contribution in [0.1, 0.15) is 285 Å². The highest BCUT2D eigenvalue weighted by Gasteiger charge is 2.19. The van der Waals surface area contributed by atoms with Crippen LogP contribution in [0.3, 0.4) is 0 Å². The second-order valence-corrected chi connectivity index (χ2v) is 18.3. The van der Waals surface area contributed by atoms with Crippen molar-refractivity contribution < 1.29 is 28.6 Å². The molecule has 0 aliphatic heterocycles. The van der Waals surface area contributed by atoms with Gasteiger partial charge in [0.1, 0.15) is 13.2 Å². The number of carbonyl (C=O) groups is 3. The standard InChI is InChI=1S/C52H100O6/c1-6-9-10-11-12-13-14-15-16-17-18-19-20-21-22-26-32-37-42-50(53)56-45-49(58-52(55)44-39-34-29-28-31-36-41-48(5)8-3)46-57-51(54)43-38-33-27-24-23-25-30-35-40-47(4)7-2/h47-49H,6-46H2,1-5H3/t47?,48?,49-/m0/s1. The summed E-state index contributed by atoms with van der Waals surface area (Å²) in [6, 6.07) is 0. The van der Waals surface area contributed by atoms with Crippen LogP contribution in [-0.2, 0) is 28.6 Å². The predicted molar refractivity (Wildman–Crippen MR) is 247 cm³/mol. The topological polar surface area (TPSA) is 78.9 Å². The number of unbranched alkanes of at least 4 members (excludes halogenated alkanes) is 29. The van der Waals surface area contributed by atoms with Gasteiger partial charge in [0.25, 0.3) is 0 Å². The summed E-state index contributed by atoms with van der Waals surface area (Å²) in [6.07, 6.45) is 45.2. The zero-order valence-electron chi connectivity index (χ0n) is 39.7. The van der Waals surface area contributed by atoms with E-state index in [0.717, 1.165) is 69.6 Å². The number of hydrogen-bond acceptors (Lipinski definition) is 6. The summed E-state index contributed by atoms with van der Waals surface area (Å²) < 4.78 is 16.8. The molecule has 0 aromatic rings. The van der Waals surface area contributed by atoms with Crippen LogP contribution in [0.25, 0.3) is 0 Å². The minimum absolute atomic E-state index is 0.0650. The van der Waals surface area contributed by atoms with E-state index < -0.39 is 6.10 Å². The lowest BCUT2D eigenvalue weighted by Gasteiger charge is -2.18. The Hall–Kier alpha value is -1.59. The van der Waals surface area contributed by atoms with Gasteiger partial charge in [0, 0.05) is 19.3 Å². The molecule has 58 heavy (non-hydrogen) atoms. The van der Waals surface area contributed by atoms with Gasteiger partial charge in [-0.1, -0.05) is 247 Å². The SMILES string of the molecule is CCCCCCCCCCCCCCCCCCCCC(=O)OC[C@@H](COC(=O)CCCCCCCCCCC(C)CC)OC(=O)CCCCCCCCC(C)CC. The molecule has 0 aliphatic rings. The fourth-order valence-corrected chi connectivity index (χ4v) is 7.75. The molecule has 6 nitrogen and oxygen atoms in total. The van der Waals surface area contributed by atoms with E-state index >= 15 is 0 Å². The van der Waals surface area contributed by atoms with Crippen molar-refractivity contribution in [2.45, 2.75) is 291 Å². The van der Waals surface area contributed by atoms with Crippen LogP contribution >= 0.6 is 0 Å². The van der Waals surface area contributed by atoms with E-state index in [2.05, 4.69) is 34.6 Å². The maximum atomic E-state index is 12.7. The molecule has 0 saturated heterocycles. The Labute approximate surface area is 361 Å². The number of esters is 3. The van der Waals surface area contributed by atoms with Gasteiger partial charge in [-0.15, -0.1) is 0 Å². The third-order valence-electron chi connectivity index (χ3n) is 12.4. The van der Waals surface area contributed by atoms with Crippen LogP contribution in [0, 0.1) is 11.8 Å². The van der Waals surface area contributed by atoms with Crippen LogP contribution in [0.15, 0.2) is 0 Å². The minimum Gasteiger partial charge on any atom is -0.462 e. The van der Waals surface area contributed by atoms with Crippen LogP contribution in [-0.4, -0.2) is 37.2 Å². The highest BCUT2D eigenvalue weighted by Crippen LogP contribution is 2.18. The highest BCUT2D eigenvalue weighted by molar-refractivity contribution is 5.71. The third kappa shape index (κ3) is 42.5. The van der Waals surface area contributed by atoms with Gasteiger partial charge >= 0.3 is 17.9 Å². The molecule has 0 saturated carbocycles. The van der Waals surface area contributed by atoms with Crippen LogP contribution in [0.2, 0.25) is 0 Å². The van der Waals surface area contributed by atoms with E-state index in [9.17, 15) is 14.4 Å². The lowest BCUT2D eigenvalue weighted by Crippen LogP contribution is -2.30. The fraction of sp³-hybridized carbons (Fsp3) is 0.942. The Balaban J connectivity index is 4.26. The summed E-state index contributed by atoms with van der Waals surface area (Å²) in [6.45, 7) is 11.3. The molecule has 0 aliphatic carbocycles. The minimum atomic E-state index is -0.762. The van der Waals surface area contributed by atoms with Gasteiger partial charge in [-0.25, -0.2) is 0 Å². The molecule has 0 amide bonds. The predicted octanol–water partition coefficient (Wildman–Crippen LogP) is 16.5. The van der Waals surface area contributed by atoms with Gasteiger partial charge < -0.3 is 14.2 Å². The van der Waals surface area contributed by atoms with Gasteiger partial charge in [0.15, 0.2) is 6.10 Å². The summed E-state index contributed by atoms with van der Waals surface area (Å²) in [7, 11) is 0. The zero-order valence-corrected chi connectivity index (χ0v) is 39.7. The first-order valence-corrected chi connectivity index (χ1v) is 25.8. The van der Waals surface area contributed by atoms with Gasteiger partial charge in [-0.3, -0.25) is 14.4 Å². The fourth-order valence-electron chi connectivity index (χ4n) is 7.75. The van der Waals surface area contributed by atoms with Gasteiger partial charge in [0.05, 0.1) is 0 Å². The molecular formula is C52H100O6. The third-order valence-corrected chi connectivity index (χ3v) is 12.4. The molecule has 2 unspecified atom stereocenters. The Morgan fingerprint density at radius 3 is 0.897 bits per heavy atom. The van der Waals surface area contributed by atoms with Gasteiger partial charge in [-0.05, 0) is 31.1 Å². The quantitative estimate of drug-likeness (QED) is 0.0346. The van der Waals surface area contributed by atoms with Crippen LogP contribution in [0.4, 0.5) is 0 Å². The van der Waals surface area contributed by atoms with Crippen molar-refractivity contribution in [3.8, 4) is 0 Å². The molecule has 344 valence electrons. The van der Waals surface area contributed by atoms with E-state index in [4.69, 9.17) is 14.2 Å². The molecule has 3 atom stereocenters. The van der Waals surface area contributed by atoms with Crippen molar-refractivity contribution >= 4 is 17.9 Å². The molecule has 0 radical (unpaired) electrons. The first-order valence-electron chi connectivity index (χ1n) is 25.8. The van der Waals surface area contributed by atoms with Crippen LogP contribution < -0.4 is 0 Å². The molecule has 0 rings (SSSR count). The molecule has 0 fully saturated rings. The molecule has 0 aromatic heterocycles. The summed E-state index contributed by atoms with van der Waals surface area (Å²) in [5.74, 6) is 0.803. The van der Waals surface area contributed by atoms with Crippen molar-refractivity contribution in [3.63, 3.8) is 0 Å². The smallest absolute Gasteiger partial charge is 0.306 e. The maximum Gasteiger partial charge on any atom is 0.306 e. The lowest BCUT2D eigenvalue weighted by atomic mass is 9.99. The van der Waals surface area contributed by atoms with Crippen molar-refractivity contribution in [1.29, 1.82) is 0 Å². The van der Waals surface area contributed by atoms with E-state index in [0.29, 0.717) is 19.3 Å². The summed E-state index contributed by atoms with van der Waals surface area (Å²) in [4.78, 5) is 37.9. The number of ether oxygens (including phenoxy) is 3. The van der Waals surface area contributed by atoms with Crippen molar-refractivity contribution in [1.82, 2.24) is 0 Å². The van der Waals surface area contributed by atoms with E-state index in [1.807, 2.05) is 0 Å². The Morgan fingerprint density at radius 2 is 0.603 bits per heavy atom. The molecule has 6 heteroatoms. The zero-order chi connectivity index (χ0) is 42.6. The van der Waals surface area contributed by atoms with Crippen molar-refractivity contribution in [2.75, 3.05) is 13.2 Å². The first kappa shape index (κ1) is 56.4. The number of carbonyl (C=O) groups excluding carboxylic acids is 3. The highest BCUT2D eigenvalue weighted by atomic mass is 16.6. The Morgan fingerprint density at radius 1 is 0.345 bits per heavy atom. The van der Waals surface area contributed by atoms with Crippen LogP contribution in [0.5, 0.6) is 0 Å². The molecule has 0 heterocycles. The first-order chi connectivity index (χ1) is 28.3. The summed E-state index contributed by atoms with van der Waals surface area (Å²) >= 11 is 0. The molecule has 0 N–H and O–H groups in total. The van der Waals surface area contributed by atoms with E-state index in [1.54, 1.807) is 0 Å². The monoisotopic (exact) mass is 821 g/mol. The summed E-state index contributed by atoms with van der Waals surface area (Å²) in [5, 5.41) is 0.